The Bertz CT molecular complexity index is 3770. The van der Waals surface area contributed by atoms with Gasteiger partial charge in [-0.15, -0.1) is 0 Å². The highest BCUT2D eigenvalue weighted by atomic mass is 15.0. The van der Waals surface area contributed by atoms with Crippen LogP contribution in [-0.2, 0) is 0 Å². The topological polar surface area (TPSA) is 17.3 Å². The van der Waals surface area contributed by atoms with Crippen molar-refractivity contribution < 1.29 is 0 Å². The summed E-state index contributed by atoms with van der Waals surface area (Å²) in [4.78, 5) is 5.54. The highest BCUT2D eigenvalue weighted by Gasteiger charge is 2.43. The van der Waals surface area contributed by atoms with Crippen LogP contribution in [-0.4, -0.2) is 16.3 Å². The van der Waals surface area contributed by atoms with Gasteiger partial charge >= 0.3 is 0 Å². The zero-order valence-corrected chi connectivity index (χ0v) is 37.7. The van der Waals surface area contributed by atoms with Gasteiger partial charge in [0.15, 0.2) is 0 Å². The zero-order valence-electron chi connectivity index (χ0n) is 37.7. The van der Waals surface area contributed by atoms with Gasteiger partial charge < -0.3 is 4.57 Å². The number of fused-ring (bicyclic) bond motifs is 10. The Labute approximate surface area is 392 Å². The lowest BCUT2D eigenvalue weighted by molar-refractivity contribution is 0.447. The van der Waals surface area contributed by atoms with Crippen LogP contribution in [0.25, 0.3) is 82.5 Å². The molecule has 6 atom stereocenters. The van der Waals surface area contributed by atoms with Crippen molar-refractivity contribution in [3.63, 3.8) is 0 Å². The van der Waals surface area contributed by atoms with Gasteiger partial charge in [0.25, 0.3) is 0 Å². The molecule has 1 aliphatic heterocycles. The number of allylic oxidation sites excluding steroid dienone is 9. The van der Waals surface area contributed by atoms with Crippen molar-refractivity contribution in [3.05, 3.63) is 234 Å². The van der Waals surface area contributed by atoms with Gasteiger partial charge in [-0.1, -0.05) is 171 Å². The summed E-state index contributed by atoms with van der Waals surface area (Å²) in [6.45, 7) is 2.39. The average Bonchev–Trinajstić information content (AvgIpc) is 4.12. The van der Waals surface area contributed by atoms with Crippen LogP contribution in [0.5, 0.6) is 0 Å². The lowest BCUT2D eigenvalue weighted by Gasteiger charge is -2.34. The number of hydrogen-bond donors (Lipinski definition) is 0. The highest BCUT2D eigenvalue weighted by Crippen LogP contribution is 2.56. The fourth-order valence-electron chi connectivity index (χ4n) is 12.4. The van der Waals surface area contributed by atoms with Gasteiger partial charge in [-0.25, -0.2) is 0 Å². The van der Waals surface area contributed by atoms with Crippen LogP contribution in [0.1, 0.15) is 54.5 Å². The van der Waals surface area contributed by atoms with Gasteiger partial charge in [0, 0.05) is 33.9 Å². The SMILES string of the molecule is CC1C(c2ccc3cc(-c4cc5cc6c(-n7c8c(c9ccccc97)C=CC7CC87)cccc6cc5c5ccccc45)ccc3c2)=CC(c2ccccc2)=NC1C1=CC=CC(C2C=CC=CC2)C1. The minimum absolute atomic E-state index is 0.0777. The zero-order chi connectivity index (χ0) is 44.2. The van der Waals surface area contributed by atoms with E-state index in [9.17, 15) is 0 Å². The van der Waals surface area contributed by atoms with Crippen LogP contribution in [0.2, 0.25) is 0 Å². The van der Waals surface area contributed by atoms with Crippen LogP contribution >= 0.6 is 0 Å². The molecule has 67 heavy (non-hydrogen) atoms. The lowest BCUT2D eigenvalue weighted by Crippen LogP contribution is -2.28. The average molecular weight is 859 g/mol. The Morgan fingerprint density at radius 2 is 1.33 bits per heavy atom. The second kappa shape index (κ2) is 15.3. The first-order valence-corrected chi connectivity index (χ1v) is 24.4. The van der Waals surface area contributed by atoms with E-state index in [0.29, 0.717) is 23.7 Å². The van der Waals surface area contributed by atoms with E-state index in [1.165, 1.54) is 111 Å². The maximum atomic E-state index is 5.54. The number of para-hydroxylation sites is 1. The number of nitrogens with zero attached hydrogens (tertiary/aromatic N) is 2. The molecular formula is C65H50N2. The molecule has 1 fully saturated rings. The van der Waals surface area contributed by atoms with E-state index in [1.807, 2.05) is 0 Å². The van der Waals surface area contributed by atoms with Crippen LogP contribution in [0, 0.1) is 23.7 Å². The van der Waals surface area contributed by atoms with Crippen molar-refractivity contribution in [2.75, 3.05) is 0 Å². The first-order chi connectivity index (χ1) is 33.1. The molecule has 1 aromatic heterocycles. The number of benzene rings is 8. The Kier molecular flexibility index (Phi) is 8.81. The summed E-state index contributed by atoms with van der Waals surface area (Å²) >= 11 is 0. The van der Waals surface area contributed by atoms with E-state index >= 15 is 0 Å². The molecule has 0 radical (unpaired) electrons. The highest BCUT2D eigenvalue weighted by molar-refractivity contribution is 6.18. The van der Waals surface area contributed by atoms with Crippen molar-refractivity contribution in [3.8, 4) is 16.8 Å². The van der Waals surface area contributed by atoms with E-state index in [-0.39, 0.29) is 12.0 Å². The molecule has 2 nitrogen and oxygen atoms in total. The fraction of sp³-hybridized carbons (Fsp3) is 0.154. The maximum absolute atomic E-state index is 5.54. The molecule has 6 unspecified atom stereocenters. The molecule has 320 valence electrons. The van der Waals surface area contributed by atoms with Crippen molar-refractivity contribution in [1.82, 2.24) is 4.57 Å². The Morgan fingerprint density at radius 1 is 0.552 bits per heavy atom. The first kappa shape index (κ1) is 38.7. The molecule has 14 rings (SSSR count). The second-order valence-electron chi connectivity index (χ2n) is 19.8. The van der Waals surface area contributed by atoms with E-state index < -0.39 is 0 Å². The summed E-state index contributed by atoms with van der Waals surface area (Å²) in [6, 6.07) is 57.3. The number of dihydropyridines is 1. The third-order valence-corrected chi connectivity index (χ3v) is 15.9. The third-order valence-electron chi connectivity index (χ3n) is 15.9. The van der Waals surface area contributed by atoms with E-state index in [0.717, 1.165) is 18.6 Å². The third kappa shape index (κ3) is 6.34. The van der Waals surface area contributed by atoms with Crippen LogP contribution in [0.4, 0.5) is 0 Å². The number of rotatable bonds is 6. The molecule has 0 N–H and O–H groups in total. The quantitative estimate of drug-likeness (QED) is 0.117. The molecular weight excluding hydrogens is 809 g/mol. The predicted octanol–water partition coefficient (Wildman–Crippen LogP) is 16.6. The molecule has 0 amide bonds. The number of aliphatic imine (C=N–C) groups is 1. The summed E-state index contributed by atoms with van der Waals surface area (Å²) in [5.41, 5.74) is 14.3. The summed E-state index contributed by atoms with van der Waals surface area (Å²) in [6.07, 6.45) is 26.7. The molecule has 4 aliphatic carbocycles. The van der Waals surface area contributed by atoms with Gasteiger partial charge in [0.05, 0.1) is 23.0 Å². The molecule has 0 saturated heterocycles. The molecule has 2 heteroatoms. The summed E-state index contributed by atoms with van der Waals surface area (Å²) in [7, 11) is 0. The fourth-order valence-corrected chi connectivity index (χ4v) is 12.4. The van der Waals surface area contributed by atoms with Gasteiger partial charge in [-0.2, -0.15) is 0 Å². The van der Waals surface area contributed by atoms with Crippen LogP contribution in [0.15, 0.2) is 217 Å². The first-order valence-electron chi connectivity index (χ1n) is 24.4. The van der Waals surface area contributed by atoms with Crippen molar-refractivity contribution in [2.24, 2.45) is 28.7 Å². The Hall–Kier alpha value is -7.55. The standard InChI is InChI=1S/C65H50N2/c1-40-56(39-61(42-16-6-3-7-17-42)66-64(40)50-20-12-18-43(34-50)41-14-4-2-5-15-41)47-28-26-45-33-48(29-27-44(45)32-47)57-37-51-38-59-46(35-58(51)53-22-9-8-21-52(53)57)19-13-25-63(59)67-62-24-11-10-23-54(62)55-31-30-49-36-60(49)65(55)67/h2-14,16-33,35,37-41,43,49,60,64H,15,34,36H2,1H3. The minimum atomic E-state index is 0.0777. The molecule has 0 spiro atoms. The van der Waals surface area contributed by atoms with Crippen LogP contribution < -0.4 is 0 Å². The molecule has 1 saturated carbocycles. The Balaban J connectivity index is 0.855. The smallest absolute Gasteiger partial charge is 0.0785 e. The molecule has 9 aromatic rings. The summed E-state index contributed by atoms with van der Waals surface area (Å²) < 4.78 is 2.60. The normalized spacial score (nSPS) is 22.9. The van der Waals surface area contributed by atoms with Crippen LogP contribution in [0.3, 0.4) is 0 Å². The van der Waals surface area contributed by atoms with Crippen molar-refractivity contribution >= 4 is 71.4 Å². The lowest BCUT2D eigenvalue weighted by atomic mass is 9.74. The van der Waals surface area contributed by atoms with E-state index in [1.54, 1.807) is 0 Å². The van der Waals surface area contributed by atoms with Crippen molar-refractivity contribution in [2.45, 2.75) is 38.1 Å². The number of aromatic nitrogens is 1. The van der Waals surface area contributed by atoms with E-state index in [4.69, 9.17) is 4.99 Å². The number of hydrogen-bond acceptors (Lipinski definition) is 1. The van der Waals surface area contributed by atoms with Gasteiger partial charge in [-0.3, -0.25) is 4.99 Å². The molecule has 0 bridgehead atoms. The maximum Gasteiger partial charge on any atom is 0.0785 e. The van der Waals surface area contributed by atoms with Gasteiger partial charge in [-0.05, 0) is 157 Å². The molecule has 8 aromatic carbocycles. The van der Waals surface area contributed by atoms with E-state index in [2.05, 4.69) is 224 Å². The second-order valence-corrected chi connectivity index (χ2v) is 19.8. The molecule has 5 aliphatic rings. The van der Waals surface area contributed by atoms with Gasteiger partial charge in [0.1, 0.15) is 0 Å². The van der Waals surface area contributed by atoms with Gasteiger partial charge in [0.2, 0.25) is 0 Å². The predicted molar refractivity (Wildman–Crippen MR) is 284 cm³/mol. The van der Waals surface area contributed by atoms with Crippen molar-refractivity contribution in [1.29, 1.82) is 0 Å². The monoisotopic (exact) mass is 858 g/mol. The molecule has 2 heterocycles. The largest absolute Gasteiger partial charge is 0.312 e. The summed E-state index contributed by atoms with van der Waals surface area (Å²) in [5, 5.41) is 11.6. The Morgan fingerprint density at radius 3 is 2.19 bits per heavy atom. The summed E-state index contributed by atoms with van der Waals surface area (Å²) in [5.74, 6) is 2.51. The minimum Gasteiger partial charge on any atom is -0.312 e.